The number of benzene rings is 2. The van der Waals surface area contributed by atoms with E-state index in [0.717, 1.165) is 22.4 Å². The van der Waals surface area contributed by atoms with Crippen LogP contribution < -0.4 is 5.30 Å². The fourth-order valence-corrected chi connectivity index (χ4v) is 8.61. The highest BCUT2D eigenvalue weighted by atomic mass is 31.2. The number of hydrogen-bond acceptors (Lipinski definition) is 7. The van der Waals surface area contributed by atoms with Crippen LogP contribution in [0.2, 0.25) is 0 Å². The van der Waals surface area contributed by atoms with E-state index >= 15 is 0 Å². The number of aliphatic imine (C=N–C) groups is 1. The lowest BCUT2D eigenvalue weighted by molar-refractivity contribution is -0.384. The molecule has 37 heavy (non-hydrogen) atoms. The predicted molar refractivity (Wildman–Crippen MR) is 142 cm³/mol. The second-order valence-electron chi connectivity index (χ2n) is 8.72. The average Bonchev–Trinajstić information content (AvgIpc) is 3.25. The van der Waals surface area contributed by atoms with Crippen LogP contribution in [0.1, 0.15) is 17.7 Å². The lowest BCUT2D eigenvalue weighted by Gasteiger charge is -2.46. The molecule has 3 heterocycles. The van der Waals surface area contributed by atoms with Crippen LogP contribution in [0.15, 0.2) is 64.3 Å². The third kappa shape index (κ3) is 4.44. The second kappa shape index (κ2) is 10.3. The summed E-state index contributed by atoms with van der Waals surface area (Å²) in [5.41, 5.74) is 2.41. The molecule has 0 saturated carbocycles. The number of nitrogens with zero attached hydrogens (tertiary/aromatic N) is 8. The summed E-state index contributed by atoms with van der Waals surface area (Å²) in [5.74, 6) is 1.46. The first-order valence-electron chi connectivity index (χ1n) is 12.0. The molecule has 0 aliphatic carbocycles. The van der Waals surface area contributed by atoms with Gasteiger partial charge in [0.15, 0.2) is 13.2 Å². The van der Waals surface area contributed by atoms with E-state index in [1.807, 2.05) is 49.0 Å². The van der Waals surface area contributed by atoms with Crippen LogP contribution in [0.25, 0.3) is 0 Å². The first kappa shape index (κ1) is 24.8. The van der Waals surface area contributed by atoms with Crippen molar-refractivity contribution in [1.29, 1.82) is 5.26 Å². The maximum atomic E-state index is 11.3. The Labute approximate surface area is 214 Å². The van der Waals surface area contributed by atoms with Crippen molar-refractivity contribution < 1.29 is 9.66 Å². The number of hydrogen-bond donors (Lipinski definition) is 0. The van der Waals surface area contributed by atoms with Crippen molar-refractivity contribution in [2.75, 3.05) is 33.4 Å². The van der Waals surface area contributed by atoms with Gasteiger partial charge in [-0.25, -0.2) is 19.1 Å². The first-order chi connectivity index (χ1) is 18.0. The normalized spacial score (nSPS) is 19.6. The third-order valence-corrected chi connectivity index (χ3v) is 10.3. The Kier molecular flexibility index (Phi) is 6.89. The number of fused-ring (bicyclic) bond motifs is 1. The SMILES string of the molecule is Cc1nn(CCC#N)c2c1[P@](=Nc1ccc([N+](=O)[O-])cc1)(N1CCOCC1)N(C)C(c1ccccc1)=N2. The molecule has 1 aromatic heterocycles. The highest BCUT2D eigenvalue weighted by Gasteiger charge is 2.45. The summed E-state index contributed by atoms with van der Waals surface area (Å²) in [6.45, 7) is 4.85. The van der Waals surface area contributed by atoms with Gasteiger partial charge in [-0.3, -0.25) is 10.1 Å². The highest BCUT2D eigenvalue weighted by Crippen LogP contribution is 2.61. The van der Waals surface area contributed by atoms with Crippen molar-refractivity contribution in [1.82, 2.24) is 19.1 Å². The minimum atomic E-state index is -2.73. The quantitative estimate of drug-likeness (QED) is 0.270. The van der Waals surface area contributed by atoms with Gasteiger partial charge in [0.1, 0.15) is 5.84 Å². The Morgan fingerprint density at radius 3 is 2.51 bits per heavy atom. The molecule has 3 aromatic rings. The number of aromatic nitrogens is 2. The summed E-state index contributed by atoms with van der Waals surface area (Å²) in [6.07, 6.45) is 0.308. The Morgan fingerprint density at radius 2 is 1.86 bits per heavy atom. The van der Waals surface area contributed by atoms with Crippen molar-refractivity contribution in [3.8, 4) is 6.07 Å². The van der Waals surface area contributed by atoms with Crippen LogP contribution in [0.4, 0.5) is 17.2 Å². The summed E-state index contributed by atoms with van der Waals surface area (Å²) >= 11 is 0. The lowest BCUT2D eigenvalue weighted by atomic mass is 10.2. The molecule has 12 heteroatoms. The van der Waals surface area contributed by atoms with Gasteiger partial charge in [0.2, 0.25) is 0 Å². The predicted octanol–water partition coefficient (Wildman–Crippen LogP) is 4.36. The monoisotopic (exact) mass is 518 g/mol. The first-order valence-corrected chi connectivity index (χ1v) is 13.6. The molecule has 2 aliphatic heterocycles. The molecule has 1 atom stereocenters. The van der Waals surface area contributed by atoms with Crippen LogP contribution in [0.3, 0.4) is 0 Å². The molecule has 2 aliphatic rings. The molecule has 190 valence electrons. The maximum absolute atomic E-state index is 11.3. The average molecular weight is 519 g/mol. The standard InChI is InChI=1S/C25H27N8O3P/c1-19-23-25(32(28-19)14-6-13-26)27-24(20-7-4-3-5-8-20)30(2)37(23,31-15-17-36-18-16-31)29-21-9-11-22(12-10-21)33(34)35/h3-5,7-12H,6,14-18H2,1-2H3/t37-/m1/s1. The summed E-state index contributed by atoms with van der Waals surface area (Å²) in [6, 6.07) is 18.5. The lowest BCUT2D eigenvalue weighted by Crippen LogP contribution is -2.45. The number of nitriles is 1. The van der Waals surface area contributed by atoms with Crippen LogP contribution in [-0.4, -0.2) is 63.2 Å². The molecular weight excluding hydrogens is 491 g/mol. The number of non-ortho nitro benzene ring substituents is 1. The molecule has 0 spiro atoms. The number of nitro groups is 1. The number of morpholine rings is 1. The Bertz CT molecular complexity index is 1440. The van der Waals surface area contributed by atoms with E-state index in [1.54, 1.807) is 12.1 Å². The zero-order chi connectivity index (χ0) is 26.0. The molecule has 2 aromatic carbocycles. The Morgan fingerprint density at radius 1 is 1.16 bits per heavy atom. The number of ether oxygens (including phenoxy) is 1. The van der Waals surface area contributed by atoms with Gasteiger partial charge in [-0.05, 0) is 19.1 Å². The Hall–Kier alpha value is -3.84. The van der Waals surface area contributed by atoms with Crippen molar-refractivity contribution in [3.05, 3.63) is 76.0 Å². The molecule has 11 nitrogen and oxygen atoms in total. The van der Waals surface area contributed by atoms with E-state index in [4.69, 9.17) is 19.6 Å². The van der Waals surface area contributed by atoms with Gasteiger partial charge < -0.3 is 9.41 Å². The van der Waals surface area contributed by atoms with Crippen LogP contribution in [-0.2, 0) is 11.3 Å². The smallest absolute Gasteiger partial charge is 0.269 e. The van der Waals surface area contributed by atoms with Crippen molar-refractivity contribution >= 4 is 35.7 Å². The van der Waals surface area contributed by atoms with E-state index < -0.39 is 12.3 Å². The van der Waals surface area contributed by atoms with Crippen LogP contribution in [0, 0.1) is 28.4 Å². The van der Waals surface area contributed by atoms with Gasteiger partial charge in [0.25, 0.3) is 5.69 Å². The summed E-state index contributed by atoms with van der Waals surface area (Å²) < 4.78 is 17.5. The molecule has 1 fully saturated rings. The largest absolute Gasteiger partial charge is 0.379 e. The molecular formula is C25H27N8O3P. The van der Waals surface area contributed by atoms with Crippen molar-refractivity contribution in [2.24, 2.45) is 9.74 Å². The Balaban J connectivity index is 1.82. The van der Waals surface area contributed by atoms with E-state index in [-0.39, 0.29) is 5.69 Å². The van der Waals surface area contributed by atoms with Crippen LogP contribution in [0.5, 0.6) is 0 Å². The van der Waals surface area contributed by atoms with Crippen molar-refractivity contribution in [3.63, 3.8) is 0 Å². The molecule has 0 N–H and O–H groups in total. The number of nitro benzene ring substituents is 1. The zero-order valence-electron chi connectivity index (χ0n) is 20.7. The van der Waals surface area contributed by atoms with Gasteiger partial charge >= 0.3 is 0 Å². The zero-order valence-corrected chi connectivity index (χ0v) is 21.6. The summed E-state index contributed by atoms with van der Waals surface area (Å²) in [5, 5.41) is 26.3. The van der Waals surface area contributed by atoms with Crippen molar-refractivity contribution in [2.45, 2.75) is 19.9 Å². The maximum Gasteiger partial charge on any atom is 0.269 e. The molecule has 1 saturated heterocycles. The summed E-state index contributed by atoms with van der Waals surface area (Å²) in [7, 11) is -0.720. The topological polar surface area (TPSA) is 125 Å². The van der Waals surface area contributed by atoms with E-state index in [0.29, 0.717) is 50.8 Å². The minimum Gasteiger partial charge on any atom is -0.379 e. The number of aryl methyl sites for hydroxylation is 2. The molecule has 5 rings (SSSR count). The summed E-state index contributed by atoms with van der Waals surface area (Å²) in [4.78, 5) is 15.9. The van der Waals surface area contributed by atoms with Gasteiger partial charge in [0, 0.05) is 37.8 Å². The fourth-order valence-electron chi connectivity index (χ4n) is 4.77. The van der Waals surface area contributed by atoms with Gasteiger partial charge in [-0.2, -0.15) is 10.4 Å². The van der Waals surface area contributed by atoms with E-state index in [9.17, 15) is 15.4 Å². The number of rotatable bonds is 6. The molecule has 0 amide bonds. The molecule has 0 unspecified atom stereocenters. The third-order valence-electron chi connectivity index (χ3n) is 6.47. The fraction of sp³-hybridized carbons (Fsp3) is 0.320. The highest BCUT2D eigenvalue weighted by molar-refractivity contribution is 7.70. The molecule has 0 radical (unpaired) electrons. The van der Waals surface area contributed by atoms with Gasteiger partial charge in [-0.1, -0.05) is 30.3 Å². The van der Waals surface area contributed by atoms with E-state index in [2.05, 4.69) is 15.4 Å². The van der Waals surface area contributed by atoms with Gasteiger partial charge in [-0.15, -0.1) is 0 Å². The second-order valence-corrected chi connectivity index (χ2v) is 11.7. The minimum absolute atomic E-state index is 0.0161. The van der Waals surface area contributed by atoms with Gasteiger partial charge in [0.05, 0.1) is 53.9 Å². The number of amidine groups is 1. The van der Waals surface area contributed by atoms with E-state index in [1.165, 1.54) is 12.1 Å². The molecule has 0 bridgehead atoms. The van der Waals surface area contributed by atoms with Crippen LogP contribution >= 0.6 is 7.36 Å².